The van der Waals surface area contributed by atoms with E-state index in [1.807, 2.05) is 36.4 Å². The third-order valence-electron chi connectivity index (χ3n) is 5.34. The Morgan fingerprint density at radius 2 is 1.67 bits per heavy atom. The Morgan fingerprint density at radius 1 is 1.04 bits per heavy atom. The number of hydrogen-bond donors (Lipinski definition) is 1. The molecular formula is C21H22O6. The molecule has 0 aliphatic heterocycles. The van der Waals surface area contributed by atoms with Gasteiger partial charge in [0.25, 0.3) is 0 Å². The van der Waals surface area contributed by atoms with Gasteiger partial charge in [0.05, 0.1) is 25.7 Å². The molecule has 0 aromatic heterocycles. The molecule has 4 atom stereocenters. The Kier molecular flexibility index (Phi) is 5.02. The average molecular weight is 370 g/mol. The molecule has 2 aromatic rings. The zero-order chi connectivity index (χ0) is 19.8. The Labute approximate surface area is 157 Å². The predicted molar refractivity (Wildman–Crippen MR) is 97.9 cm³/mol. The largest absolute Gasteiger partial charge is 0.469 e. The van der Waals surface area contributed by atoms with Gasteiger partial charge in [-0.25, -0.2) is 0 Å². The summed E-state index contributed by atoms with van der Waals surface area (Å²) in [4.78, 5) is 37.7. The molecule has 1 saturated carbocycles. The maximum absolute atomic E-state index is 12.7. The summed E-state index contributed by atoms with van der Waals surface area (Å²) in [5, 5.41) is 12.7. The lowest BCUT2D eigenvalue weighted by Crippen LogP contribution is -2.55. The van der Waals surface area contributed by atoms with Gasteiger partial charge >= 0.3 is 11.9 Å². The number of aliphatic hydroxyl groups is 1. The normalized spacial score (nSPS) is 28.0. The number of rotatable bonds is 3. The molecule has 6 heteroatoms. The van der Waals surface area contributed by atoms with Gasteiger partial charge < -0.3 is 14.6 Å². The third-order valence-corrected chi connectivity index (χ3v) is 5.34. The Morgan fingerprint density at radius 3 is 2.30 bits per heavy atom. The third kappa shape index (κ3) is 3.32. The van der Waals surface area contributed by atoms with Crippen LogP contribution >= 0.6 is 0 Å². The van der Waals surface area contributed by atoms with Gasteiger partial charge in [-0.2, -0.15) is 0 Å². The van der Waals surface area contributed by atoms with Crippen LogP contribution in [0.2, 0.25) is 0 Å². The van der Waals surface area contributed by atoms with Crippen LogP contribution in [-0.4, -0.2) is 42.6 Å². The first-order chi connectivity index (χ1) is 12.8. The molecule has 4 unspecified atom stereocenters. The van der Waals surface area contributed by atoms with Gasteiger partial charge in [0.2, 0.25) is 0 Å². The first-order valence-electron chi connectivity index (χ1n) is 8.69. The first-order valence-corrected chi connectivity index (χ1v) is 8.69. The topological polar surface area (TPSA) is 89.9 Å². The van der Waals surface area contributed by atoms with Crippen LogP contribution in [-0.2, 0) is 23.9 Å². The van der Waals surface area contributed by atoms with Crippen molar-refractivity contribution in [3.05, 3.63) is 48.0 Å². The zero-order valence-corrected chi connectivity index (χ0v) is 15.5. The van der Waals surface area contributed by atoms with Crippen molar-refractivity contribution in [1.82, 2.24) is 0 Å². The number of Topliss-reactive ketones (excluding diaryl/α,β-unsaturated/α-hetero) is 1. The van der Waals surface area contributed by atoms with E-state index < -0.39 is 41.1 Å². The summed E-state index contributed by atoms with van der Waals surface area (Å²) in [7, 11) is 2.42. The molecule has 1 aliphatic carbocycles. The number of hydrogen-bond acceptors (Lipinski definition) is 6. The van der Waals surface area contributed by atoms with Crippen LogP contribution in [0.3, 0.4) is 0 Å². The number of esters is 2. The quantitative estimate of drug-likeness (QED) is 0.658. The second-order valence-corrected chi connectivity index (χ2v) is 7.13. The van der Waals surface area contributed by atoms with Crippen molar-refractivity contribution < 1.29 is 29.0 Å². The average Bonchev–Trinajstić information content (AvgIpc) is 2.65. The van der Waals surface area contributed by atoms with E-state index in [0.717, 1.165) is 10.8 Å². The maximum atomic E-state index is 12.7. The molecular weight excluding hydrogens is 348 g/mol. The van der Waals surface area contributed by atoms with Crippen molar-refractivity contribution in [1.29, 1.82) is 0 Å². The molecule has 0 spiro atoms. The molecule has 27 heavy (non-hydrogen) atoms. The van der Waals surface area contributed by atoms with Gasteiger partial charge in [-0.3, -0.25) is 14.4 Å². The van der Waals surface area contributed by atoms with E-state index in [1.165, 1.54) is 21.1 Å². The van der Waals surface area contributed by atoms with Gasteiger partial charge in [-0.1, -0.05) is 42.5 Å². The molecule has 6 nitrogen and oxygen atoms in total. The minimum atomic E-state index is -1.63. The van der Waals surface area contributed by atoms with Crippen LogP contribution in [0.1, 0.15) is 24.8 Å². The van der Waals surface area contributed by atoms with Crippen molar-refractivity contribution in [3.63, 3.8) is 0 Å². The highest BCUT2D eigenvalue weighted by Gasteiger charge is 2.56. The summed E-state index contributed by atoms with van der Waals surface area (Å²) in [6.07, 6.45) is -0.323. The highest BCUT2D eigenvalue weighted by atomic mass is 16.5. The standard InChI is InChI=1S/C21H22O6/c1-21(25)11-15(22)17(19(23)26-2)16(18(21)20(24)27-3)14-9-8-12-6-4-5-7-13(12)10-14/h4-10,16-18,25H,11H2,1-3H3. The van der Waals surface area contributed by atoms with E-state index in [2.05, 4.69) is 0 Å². The molecule has 0 radical (unpaired) electrons. The molecule has 1 N–H and O–H groups in total. The van der Waals surface area contributed by atoms with Crippen LogP contribution in [0.15, 0.2) is 42.5 Å². The van der Waals surface area contributed by atoms with Crippen molar-refractivity contribution in [3.8, 4) is 0 Å². The number of ether oxygens (including phenoxy) is 2. The Bertz CT molecular complexity index is 900. The maximum Gasteiger partial charge on any atom is 0.316 e. The number of benzene rings is 2. The van der Waals surface area contributed by atoms with Crippen LogP contribution in [0.25, 0.3) is 10.8 Å². The SMILES string of the molecule is COC(=O)C1C(=O)CC(C)(O)C(C(=O)OC)C1c1ccc2ccccc2c1. The molecule has 2 aromatic carbocycles. The predicted octanol–water partition coefficient (Wildman–Crippen LogP) is 2.23. The molecule has 0 amide bonds. The smallest absolute Gasteiger partial charge is 0.316 e. The zero-order valence-electron chi connectivity index (χ0n) is 15.5. The van der Waals surface area contributed by atoms with Crippen LogP contribution in [0.5, 0.6) is 0 Å². The van der Waals surface area contributed by atoms with Crippen molar-refractivity contribution in [2.45, 2.75) is 24.9 Å². The van der Waals surface area contributed by atoms with Crippen molar-refractivity contribution in [2.75, 3.05) is 14.2 Å². The van der Waals surface area contributed by atoms with Gasteiger partial charge in [-0.15, -0.1) is 0 Å². The van der Waals surface area contributed by atoms with Gasteiger partial charge in [0, 0.05) is 12.3 Å². The van der Waals surface area contributed by atoms with E-state index in [1.54, 1.807) is 6.07 Å². The summed E-state index contributed by atoms with van der Waals surface area (Å²) in [5.41, 5.74) is -1.03. The molecule has 0 heterocycles. The number of carbonyl (C=O) groups excluding carboxylic acids is 3. The van der Waals surface area contributed by atoms with Gasteiger partial charge in [0.15, 0.2) is 5.78 Å². The summed E-state index contributed by atoms with van der Waals surface area (Å²) in [5.74, 6) is -4.98. The fourth-order valence-electron chi connectivity index (χ4n) is 4.08. The monoisotopic (exact) mass is 370 g/mol. The minimum Gasteiger partial charge on any atom is -0.469 e. The summed E-state index contributed by atoms with van der Waals surface area (Å²) in [6.45, 7) is 1.42. The van der Waals surface area contributed by atoms with Gasteiger partial charge in [-0.05, 0) is 23.3 Å². The van der Waals surface area contributed by atoms with Crippen LogP contribution in [0, 0.1) is 11.8 Å². The molecule has 1 aliphatic rings. The second-order valence-electron chi connectivity index (χ2n) is 7.13. The molecule has 0 bridgehead atoms. The van der Waals surface area contributed by atoms with Crippen LogP contribution in [0.4, 0.5) is 0 Å². The summed E-state index contributed by atoms with van der Waals surface area (Å²) in [6, 6.07) is 13.1. The fourth-order valence-corrected chi connectivity index (χ4v) is 4.08. The van der Waals surface area contributed by atoms with E-state index in [-0.39, 0.29) is 6.42 Å². The Hall–Kier alpha value is -2.73. The number of methoxy groups -OCH3 is 2. The van der Waals surface area contributed by atoms with Crippen molar-refractivity contribution >= 4 is 28.5 Å². The van der Waals surface area contributed by atoms with E-state index in [4.69, 9.17) is 9.47 Å². The molecule has 142 valence electrons. The lowest BCUT2D eigenvalue weighted by Gasteiger charge is -2.43. The highest BCUT2D eigenvalue weighted by molar-refractivity contribution is 6.03. The molecule has 1 fully saturated rings. The number of fused-ring (bicyclic) bond motifs is 1. The van der Waals surface area contributed by atoms with E-state index in [9.17, 15) is 19.5 Å². The highest BCUT2D eigenvalue weighted by Crippen LogP contribution is 2.47. The molecule has 0 saturated heterocycles. The van der Waals surface area contributed by atoms with Crippen molar-refractivity contribution in [2.24, 2.45) is 11.8 Å². The fraction of sp³-hybridized carbons (Fsp3) is 0.381. The molecule has 3 rings (SSSR count). The Balaban J connectivity index is 2.21. The lowest BCUT2D eigenvalue weighted by molar-refractivity contribution is -0.170. The number of carbonyl (C=O) groups is 3. The van der Waals surface area contributed by atoms with Gasteiger partial charge in [0.1, 0.15) is 5.92 Å². The number of ketones is 1. The first kappa shape index (κ1) is 19.0. The van der Waals surface area contributed by atoms with Crippen LogP contribution < -0.4 is 0 Å². The van der Waals surface area contributed by atoms with E-state index >= 15 is 0 Å². The second kappa shape index (κ2) is 7.12. The van der Waals surface area contributed by atoms with E-state index in [0.29, 0.717) is 5.56 Å². The lowest BCUT2D eigenvalue weighted by atomic mass is 9.61. The summed E-state index contributed by atoms with van der Waals surface area (Å²) >= 11 is 0. The summed E-state index contributed by atoms with van der Waals surface area (Å²) < 4.78 is 9.73. The minimum absolute atomic E-state index is 0.323.